The molecule has 0 unspecified atom stereocenters. The molecule has 0 amide bonds. The molecule has 2 aromatic heterocycles. The topological polar surface area (TPSA) is 122 Å². The van der Waals surface area contributed by atoms with Crippen molar-refractivity contribution in [2.24, 2.45) is 0 Å². The highest BCUT2D eigenvalue weighted by Crippen LogP contribution is 2.27. The Bertz CT molecular complexity index is 1960. The number of unbranched alkanes of at least 4 members (excludes halogenated alkanes) is 1. The van der Waals surface area contributed by atoms with E-state index in [1.807, 2.05) is 30.0 Å². The van der Waals surface area contributed by atoms with E-state index in [1.165, 1.54) is 40.1 Å². The van der Waals surface area contributed by atoms with Crippen molar-refractivity contribution in [2.45, 2.75) is 53.1 Å². The predicted molar refractivity (Wildman–Crippen MR) is 187 cm³/mol. The Morgan fingerprint density at radius 1 is 1.04 bits per heavy atom. The molecular formula is C36H43FN6O5. The number of aromatic amines is 1. The maximum atomic E-state index is 15.4. The van der Waals surface area contributed by atoms with Crippen molar-refractivity contribution in [2.75, 3.05) is 49.5 Å². The van der Waals surface area contributed by atoms with Crippen molar-refractivity contribution in [3.8, 4) is 0 Å². The number of hydrogen-bond donors (Lipinski definition) is 2. The molecule has 5 rings (SSSR count). The van der Waals surface area contributed by atoms with Crippen molar-refractivity contribution >= 4 is 34.1 Å². The molecule has 254 valence electrons. The van der Waals surface area contributed by atoms with Crippen LogP contribution >= 0.6 is 0 Å². The first-order valence-corrected chi connectivity index (χ1v) is 16.5. The first-order valence-electron chi connectivity index (χ1n) is 16.5. The molecule has 0 bridgehead atoms. The standard InChI is InChI=1S/C36H43FN6O5/c1-5-18-48-35(46)28-23-41(7-3)30-21-31(29(37)20-27(30)34(28)45)42-16-14-40(15-17-42)12-8-9-13-43-33(44)22-32(39-36(43)47)38-26-11-10-24(4)25(6-2)19-26/h5,10-11,19-23,38H,1,6-9,12-18H2,2-4H3,(H,39,47). The molecule has 1 aliphatic heterocycles. The monoisotopic (exact) mass is 658 g/mol. The number of rotatable bonds is 13. The van der Waals surface area contributed by atoms with E-state index in [1.54, 1.807) is 10.6 Å². The summed E-state index contributed by atoms with van der Waals surface area (Å²) in [6, 6.07) is 10.3. The molecule has 0 aliphatic carbocycles. The lowest BCUT2D eigenvalue weighted by Crippen LogP contribution is -2.47. The molecule has 4 aromatic rings. The molecule has 3 heterocycles. The number of aryl methyl sites for hydroxylation is 3. The quantitative estimate of drug-likeness (QED) is 0.122. The second kappa shape index (κ2) is 15.3. The molecule has 2 N–H and O–H groups in total. The van der Waals surface area contributed by atoms with Gasteiger partial charge in [-0.2, -0.15) is 0 Å². The van der Waals surface area contributed by atoms with E-state index in [-0.39, 0.29) is 23.1 Å². The van der Waals surface area contributed by atoms with Gasteiger partial charge >= 0.3 is 11.7 Å². The highest BCUT2D eigenvalue weighted by Gasteiger charge is 2.23. The van der Waals surface area contributed by atoms with Crippen LogP contribution in [0.3, 0.4) is 0 Å². The number of halogens is 1. The van der Waals surface area contributed by atoms with Gasteiger partial charge in [0, 0.05) is 62.6 Å². The number of aromatic nitrogens is 3. The van der Waals surface area contributed by atoms with E-state index in [0.717, 1.165) is 25.1 Å². The van der Waals surface area contributed by atoms with Crippen LogP contribution in [0, 0.1) is 12.7 Å². The zero-order valence-electron chi connectivity index (χ0n) is 27.8. The van der Waals surface area contributed by atoms with Gasteiger partial charge in [0.15, 0.2) is 0 Å². The number of piperazine rings is 1. The second-order valence-electron chi connectivity index (χ2n) is 12.0. The normalized spacial score (nSPS) is 13.5. The smallest absolute Gasteiger partial charge is 0.343 e. The Balaban J connectivity index is 1.16. The lowest BCUT2D eigenvalue weighted by molar-refractivity contribution is 0.0547. The number of nitrogens with zero attached hydrogens (tertiary/aromatic N) is 4. The summed E-state index contributed by atoms with van der Waals surface area (Å²) in [6.45, 7) is 13.7. The number of anilines is 3. The van der Waals surface area contributed by atoms with Gasteiger partial charge in [-0.3, -0.25) is 24.0 Å². The zero-order valence-corrected chi connectivity index (χ0v) is 27.8. The van der Waals surface area contributed by atoms with E-state index in [4.69, 9.17) is 4.74 Å². The predicted octanol–water partition coefficient (Wildman–Crippen LogP) is 4.57. The van der Waals surface area contributed by atoms with Gasteiger partial charge in [-0.1, -0.05) is 25.6 Å². The Morgan fingerprint density at radius 3 is 2.48 bits per heavy atom. The number of fused-ring (bicyclic) bond motifs is 1. The number of H-pyrrole nitrogens is 1. The zero-order chi connectivity index (χ0) is 34.4. The molecular weight excluding hydrogens is 615 g/mol. The molecule has 0 spiro atoms. The van der Waals surface area contributed by atoms with Crippen LogP contribution in [0.5, 0.6) is 0 Å². The minimum Gasteiger partial charge on any atom is -0.458 e. The largest absolute Gasteiger partial charge is 0.458 e. The fraction of sp³-hybridized carbons (Fsp3) is 0.389. The number of ether oxygens (including phenoxy) is 1. The minimum absolute atomic E-state index is 0.0253. The molecule has 1 aliphatic rings. The maximum Gasteiger partial charge on any atom is 0.343 e. The van der Waals surface area contributed by atoms with Crippen molar-refractivity contribution in [3.05, 3.63) is 109 Å². The molecule has 1 saturated heterocycles. The lowest BCUT2D eigenvalue weighted by atomic mass is 10.1. The maximum absolute atomic E-state index is 15.4. The van der Waals surface area contributed by atoms with Crippen LogP contribution in [0.15, 0.2) is 69.6 Å². The number of pyridine rings is 1. The van der Waals surface area contributed by atoms with Crippen molar-refractivity contribution in [3.63, 3.8) is 0 Å². The molecule has 0 saturated carbocycles. The third-order valence-electron chi connectivity index (χ3n) is 8.89. The average molecular weight is 659 g/mol. The van der Waals surface area contributed by atoms with Crippen LogP contribution in [0.2, 0.25) is 0 Å². The molecule has 11 nitrogen and oxygen atoms in total. The third-order valence-corrected chi connectivity index (χ3v) is 8.89. The van der Waals surface area contributed by atoms with Crippen LogP contribution < -0.4 is 26.9 Å². The van der Waals surface area contributed by atoms with Crippen LogP contribution in [0.4, 0.5) is 21.6 Å². The van der Waals surface area contributed by atoms with Gasteiger partial charge in [0.05, 0.1) is 11.2 Å². The molecule has 0 radical (unpaired) electrons. The summed E-state index contributed by atoms with van der Waals surface area (Å²) in [7, 11) is 0. The fourth-order valence-electron chi connectivity index (χ4n) is 6.16. The second-order valence-corrected chi connectivity index (χ2v) is 12.0. The summed E-state index contributed by atoms with van der Waals surface area (Å²) < 4.78 is 23.4. The number of hydrogen-bond acceptors (Lipinski definition) is 8. The van der Waals surface area contributed by atoms with E-state index < -0.39 is 22.9 Å². The fourth-order valence-corrected chi connectivity index (χ4v) is 6.16. The van der Waals surface area contributed by atoms with Gasteiger partial charge in [0.25, 0.3) is 5.56 Å². The average Bonchev–Trinajstić information content (AvgIpc) is 3.08. The van der Waals surface area contributed by atoms with Gasteiger partial charge in [0.2, 0.25) is 5.43 Å². The highest BCUT2D eigenvalue weighted by atomic mass is 19.1. The molecule has 12 heteroatoms. The minimum atomic E-state index is -0.766. The van der Waals surface area contributed by atoms with Gasteiger partial charge in [-0.05, 0) is 75.0 Å². The summed E-state index contributed by atoms with van der Waals surface area (Å²) in [5.41, 5.74) is 2.66. The molecule has 48 heavy (non-hydrogen) atoms. The van der Waals surface area contributed by atoms with Crippen LogP contribution in [0.1, 0.15) is 48.2 Å². The van der Waals surface area contributed by atoms with Gasteiger partial charge in [0.1, 0.15) is 23.8 Å². The van der Waals surface area contributed by atoms with E-state index in [0.29, 0.717) is 62.7 Å². The van der Waals surface area contributed by atoms with Crippen molar-refractivity contribution in [1.29, 1.82) is 0 Å². The summed E-state index contributed by atoms with van der Waals surface area (Å²) in [5, 5.41) is 3.27. The Labute approximate surface area is 278 Å². The van der Waals surface area contributed by atoms with Crippen molar-refractivity contribution in [1.82, 2.24) is 19.0 Å². The summed E-state index contributed by atoms with van der Waals surface area (Å²) in [5.74, 6) is -0.925. The Hall–Kier alpha value is -4.97. The SMILES string of the molecule is C=CCOC(=O)c1cn(CC)c2cc(N3CCN(CCCCn4c(=O)cc(Nc5ccc(C)c(CC)c5)[nH]c4=O)CC3)c(F)cc2c1=O. The van der Waals surface area contributed by atoms with Crippen LogP contribution in [-0.2, 0) is 24.2 Å². The highest BCUT2D eigenvalue weighted by molar-refractivity contribution is 5.94. The van der Waals surface area contributed by atoms with Gasteiger partial charge in [-0.15, -0.1) is 0 Å². The number of nitrogens with one attached hydrogen (secondary N) is 2. The first-order chi connectivity index (χ1) is 23.1. The van der Waals surface area contributed by atoms with E-state index in [9.17, 15) is 19.2 Å². The van der Waals surface area contributed by atoms with Gasteiger partial charge < -0.3 is 19.5 Å². The van der Waals surface area contributed by atoms with E-state index in [2.05, 4.69) is 35.6 Å². The third kappa shape index (κ3) is 7.60. The van der Waals surface area contributed by atoms with Crippen LogP contribution in [0.25, 0.3) is 10.9 Å². The Morgan fingerprint density at radius 2 is 1.79 bits per heavy atom. The Kier molecular flexibility index (Phi) is 10.9. The molecule has 2 aromatic carbocycles. The number of esters is 1. The lowest BCUT2D eigenvalue weighted by Gasteiger charge is -2.36. The summed E-state index contributed by atoms with van der Waals surface area (Å²) in [4.78, 5) is 58.0. The number of carbonyl (C=O) groups excluding carboxylic acids is 1. The summed E-state index contributed by atoms with van der Waals surface area (Å²) in [6.07, 6.45) is 5.22. The summed E-state index contributed by atoms with van der Waals surface area (Å²) >= 11 is 0. The van der Waals surface area contributed by atoms with E-state index >= 15 is 4.39 Å². The van der Waals surface area contributed by atoms with Gasteiger partial charge in [-0.25, -0.2) is 14.0 Å². The first kappa shape index (κ1) is 34.4. The van der Waals surface area contributed by atoms with Crippen LogP contribution in [-0.4, -0.2) is 64.3 Å². The number of benzene rings is 2. The van der Waals surface area contributed by atoms with Crippen molar-refractivity contribution < 1.29 is 13.9 Å². The molecule has 1 fully saturated rings. The molecule has 0 atom stereocenters. The number of carbonyl (C=O) groups is 1.